The molecule has 2 rings (SSSR count). The van der Waals surface area contributed by atoms with Gasteiger partial charge < -0.3 is 10.4 Å². The molecule has 0 aliphatic carbocycles. The lowest BCUT2D eigenvalue weighted by Crippen LogP contribution is -2.04. The Morgan fingerprint density at radius 1 is 1.32 bits per heavy atom. The SMILES string of the molecule is N#Cc1ccc(Nc2ccc(C(=O)O)nn2)c(F)c1. The number of rotatable bonds is 3. The number of benzene rings is 1. The number of aromatic carboxylic acids is 1. The summed E-state index contributed by atoms with van der Waals surface area (Å²) in [6, 6.07) is 8.36. The molecule has 0 bridgehead atoms. The number of anilines is 2. The average molecular weight is 258 g/mol. The first kappa shape index (κ1) is 12.4. The second kappa shape index (κ2) is 5.10. The summed E-state index contributed by atoms with van der Waals surface area (Å²) in [6.07, 6.45) is 0. The minimum Gasteiger partial charge on any atom is -0.476 e. The standard InChI is InChI=1S/C12H7FN4O2/c13-8-5-7(6-14)1-2-9(8)15-11-4-3-10(12(18)19)16-17-11/h1-5H,(H,15,17)(H,18,19). The molecule has 0 fully saturated rings. The predicted molar refractivity (Wildman–Crippen MR) is 63.4 cm³/mol. The number of hydrogen-bond acceptors (Lipinski definition) is 5. The molecular formula is C12H7FN4O2. The molecule has 6 nitrogen and oxygen atoms in total. The normalized spacial score (nSPS) is 9.68. The number of nitriles is 1. The van der Waals surface area contributed by atoms with Crippen LogP contribution in [0.25, 0.3) is 0 Å². The van der Waals surface area contributed by atoms with Crippen molar-refractivity contribution in [3.8, 4) is 6.07 Å². The van der Waals surface area contributed by atoms with Gasteiger partial charge in [-0.3, -0.25) is 0 Å². The van der Waals surface area contributed by atoms with Gasteiger partial charge in [-0.2, -0.15) is 5.26 Å². The Hall–Kier alpha value is -3.01. The number of carboxylic acid groups (broad SMARTS) is 1. The number of carbonyl (C=O) groups is 1. The molecule has 2 N–H and O–H groups in total. The fourth-order valence-electron chi connectivity index (χ4n) is 1.34. The minimum atomic E-state index is -1.19. The number of aromatic nitrogens is 2. The predicted octanol–water partition coefficient (Wildman–Crippen LogP) is 1.93. The van der Waals surface area contributed by atoms with Crippen LogP contribution in [0.5, 0.6) is 0 Å². The van der Waals surface area contributed by atoms with Crippen molar-refractivity contribution >= 4 is 17.5 Å². The quantitative estimate of drug-likeness (QED) is 0.872. The topological polar surface area (TPSA) is 98.9 Å². The molecular weight excluding hydrogens is 251 g/mol. The maximum Gasteiger partial charge on any atom is 0.356 e. The molecule has 0 saturated heterocycles. The van der Waals surface area contributed by atoms with E-state index in [1.807, 2.05) is 6.07 Å². The van der Waals surface area contributed by atoms with Gasteiger partial charge in [0.2, 0.25) is 0 Å². The van der Waals surface area contributed by atoms with Crippen molar-refractivity contribution in [1.82, 2.24) is 10.2 Å². The minimum absolute atomic E-state index is 0.122. The molecule has 0 amide bonds. The van der Waals surface area contributed by atoms with Gasteiger partial charge in [0.15, 0.2) is 11.5 Å². The summed E-state index contributed by atoms with van der Waals surface area (Å²) in [6.45, 7) is 0. The van der Waals surface area contributed by atoms with Crippen LogP contribution < -0.4 is 5.32 Å². The third kappa shape index (κ3) is 2.81. The van der Waals surface area contributed by atoms with Crippen molar-refractivity contribution in [2.45, 2.75) is 0 Å². The molecule has 0 aliphatic heterocycles. The highest BCUT2D eigenvalue weighted by Gasteiger charge is 2.07. The molecule has 1 aromatic carbocycles. The van der Waals surface area contributed by atoms with E-state index in [0.717, 1.165) is 6.07 Å². The first-order chi connectivity index (χ1) is 9.10. The zero-order valence-electron chi connectivity index (χ0n) is 9.46. The first-order valence-corrected chi connectivity index (χ1v) is 5.14. The van der Waals surface area contributed by atoms with Crippen LogP contribution in [0.15, 0.2) is 30.3 Å². The summed E-state index contributed by atoms with van der Waals surface area (Å²) in [5.41, 5.74) is 0.123. The van der Waals surface area contributed by atoms with E-state index in [4.69, 9.17) is 10.4 Å². The third-order valence-electron chi connectivity index (χ3n) is 2.24. The van der Waals surface area contributed by atoms with Gasteiger partial charge in [-0.25, -0.2) is 9.18 Å². The van der Waals surface area contributed by atoms with Crippen molar-refractivity contribution in [3.05, 3.63) is 47.4 Å². The highest BCUT2D eigenvalue weighted by atomic mass is 19.1. The molecule has 0 unspecified atom stereocenters. The van der Waals surface area contributed by atoms with Crippen LogP contribution in [0.2, 0.25) is 0 Å². The van der Waals surface area contributed by atoms with Crippen LogP contribution in [-0.2, 0) is 0 Å². The zero-order chi connectivity index (χ0) is 13.8. The Kier molecular flexibility index (Phi) is 3.34. The number of nitrogens with one attached hydrogen (secondary N) is 1. The summed E-state index contributed by atoms with van der Waals surface area (Å²) in [7, 11) is 0. The third-order valence-corrected chi connectivity index (χ3v) is 2.24. The van der Waals surface area contributed by atoms with Gasteiger partial charge in [-0.05, 0) is 30.3 Å². The first-order valence-electron chi connectivity index (χ1n) is 5.14. The number of carboxylic acids is 1. The molecule has 19 heavy (non-hydrogen) atoms. The summed E-state index contributed by atoms with van der Waals surface area (Å²) in [5.74, 6) is -1.60. The van der Waals surface area contributed by atoms with Crippen LogP contribution in [0.1, 0.15) is 16.1 Å². The van der Waals surface area contributed by atoms with E-state index in [-0.39, 0.29) is 22.8 Å². The summed E-state index contributed by atoms with van der Waals surface area (Å²) in [4.78, 5) is 10.6. The molecule has 0 aliphatic rings. The lowest BCUT2D eigenvalue weighted by Gasteiger charge is -2.06. The molecule has 0 radical (unpaired) electrons. The Labute approximate surface area is 107 Å². The van der Waals surface area contributed by atoms with Gasteiger partial charge >= 0.3 is 5.97 Å². The van der Waals surface area contributed by atoms with E-state index in [0.29, 0.717) is 0 Å². The molecule has 1 aromatic heterocycles. The van der Waals surface area contributed by atoms with Crippen LogP contribution in [0, 0.1) is 17.1 Å². The largest absolute Gasteiger partial charge is 0.476 e. The van der Waals surface area contributed by atoms with Gasteiger partial charge in [0.25, 0.3) is 0 Å². The smallest absolute Gasteiger partial charge is 0.356 e. The zero-order valence-corrected chi connectivity index (χ0v) is 9.46. The van der Waals surface area contributed by atoms with Crippen molar-refractivity contribution in [2.75, 3.05) is 5.32 Å². The molecule has 94 valence electrons. The molecule has 2 aromatic rings. The van der Waals surface area contributed by atoms with Crippen LogP contribution in [0.3, 0.4) is 0 Å². The fraction of sp³-hybridized carbons (Fsp3) is 0. The van der Waals surface area contributed by atoms with Crippen LogP contribution >= 0.6 is 0 Å². The maximum atomic E-state index is 13.6. The average Bonchev–Trinajstić information content (AvgIpc) is 2.41. The Morgan fingerprint density at radius 3 is 2.63 bits per heavy atom. The maximum absolute atomic E-state index is 13.6. The Balaban J connectivity index is 2.22. The van der Waals surface area contributed by atoms with Crippen molar-refractivity contribution in [3.63, 3.8) is 0 Å². The number of hydrogen-bond donors (Lipinski definition) is 2. The Morgan fingerprint density at radius 2 is 2.11 bits per heavy atom. The van der Waals surface area contributed by atoms with Gasteiger partial charge in [0.05, 0.1) is 17.3 Å². The highest BCUT2D eigenvalue weighted by Crippen LogP contribution is 2.19. The van der Waals surface area contributed by atoms with Crippen LogP contribution in [0.4, 0.5) is 15.9 Å². The molecule has 7 heteroatoms. The second-order valence-electron chi connectivity index (χ2n) is 3.54. The van der Waals surface area contributed by atoms with E-state index in [9.17, 15) is 9.18 Å². The summed E-state index contributed by atoms with van der Waals surface area (Å²) < 4.78 is 13.6. The molecule has 1 heterocycles. The van der Waals surface area contributed by atoms with Crippen molar-refractivity contribution < 1.29 is 14.3 Å². The summed E-state index contributed by atoms with van der Waals surface area (Å²) in [5, 5.41) is 27.0. The van der Waals surface area contributed by atoms with Gasteiger partial charge in [0, 0.05) is 0 Å². The van der Waals surface area contributed by atoms with E-state index in [1.165, 1.54) is 24.3 Å². The van der Waals surface area contributed by atoms with Gasteiger partial charge in [0.1, 0.15) is 5.82 Å². The van der Waals surface area contributed by atoms with E-state index >= 15 is 0 Å². The second-order valence-corrected chi connectivity index (χ2v) is 3.54. The molecule has 0 saturated carbocycles. The fourth-order valence-corrected chi connectivity index (χ4v) is 1.34. The summed E-state index contributed by atoms with van der Waals surface area (Å²) >= 11 is 0. The van der Waals surface area contributed by atoms with E-state index < -0.39 is 11.8 Å². The number of nitrogens with zero attached hydrogens (tertiary/aromatic N) is 3. The lowest BCUT2D eigenvalue weighted by molar-refractivity contribution is 0.0689. The molecule has 0 atom stereocenters. The van der Waals surface area contributed by atoms with Gasteiger partial charge in [-0.15, -0.1) is 10.2 Å². The van der Waals surface area contributed by atoms with Crippen molar-refractivity contribution in [2.24, 2.45) is 0 Å². The van der Waals surface area contributed by atoms with E-state index in [1.54, 1.807) is 0 Å². The van der Waals surface area contributed by atoms with Crippen molar-refractivity contribution in [1.29, 1.82) is 5.26 Å². The van der Waals surface area contributed by atoms with E-state index in [2.05, 4.69) is 15.5 Å². The Bertz CT molecular complexity index is 664. The van der Waals surface area contributed by atoms with Crippen LogP contribution in [-0.4, -0.2) is 21.3 Å². The highest BCUT2D eigenvalue weighted by molar-refractivity contribution is 5.85. The molecule has 0 spiro atoms. The van der Waals surface area contributed by atoms with Gasteiger partial charge in [-0.1, -0.05) is 0 Å². The lowest BCUT2D eigenvalue weighted by atomic mass is 10.2. The monoisotopic (exact) mass is 258 g/mol. The number of halogens is 1.